The zero-order valence-electron chi connectivity index (χ0n) is 14.5. The molecule has 0 aliphatic carbocycles. The van der Waals surface area contributed by atoms with Crippen LogP contribution in [0.25, 0.3) is 0 Å². The van der Waals surface area contributed by atoms with Gasteiger partial charge in [0.15, 0.2) is 0 Å². The molecule has 6 heterocycles. The summed E-state index contributed by atoms with van der Waals surface area (Å²) in [6.07, 6.45) is 0. The van der Waals surface area contributed by atoms with E-state index in [-0.39, 0.29) is 0 Å². The first-order valence-electron chi connectivity index (χ1n) is 8.22. The van der Waals surface area contributed by atoms with Gasteiger partial charge in [-0.05, 0) is 43.3 Å². The van der Waals surface area contributed by atoms with E-state index in [0.29, 0.717) is 0 Å². The number of thioether (sulfide) groups is 12. The van der Waals surface area contributed by atoms with Crippen LogP contribution in [-0.2, 0) is 0 Å². The Morgan fingerprint density at radius 1 is 0.300 bits per heavy atom. The third kappa shape index (κ3) is 4.82. The van der Waals surface area contributed by atoms with E-state index in [0.717, 1.165) is 0 Å². The Morgan fingerprint density at radius 2 is 0.567 bits per heavy atom. The highest BCUT2D eigenvalue weighted by Gasteiger charge is 2.29. The molecular weight excluding hydrogens is 601 g/mol. The zero-order chi connectivity index (χ0) is 19.9. The van der Waals surface area contributed by atoms with Gasteiger partial charge in [0, 0.05) is 19.6 Å². The van der Waals surface area contributed by atoms with E-state index in [2.05, 4.69) is 43.3 Å². The maximum atomic E-state index is 2.33. The SMILES string of the molecule is C1=CSC(=C2SC=C(C3=CSC(=C4SC=C(C5=CSC(=C6SC=CS6)S5)S4)S3)S2)S1. The molecule has 0 spiro atoms. The van der Waals surface area contributed by atoms with Crippen molar-refractivity contribution in [2.75, 3.05) is 0 Å². The van der Waals surface area contributed by atoms with Crippen molar-refractivity contribution in [3.63, 3.8) is 0 Å². The van der Waals surface area contributed by atoms with E-state index in [9.17, 15) is 0 Å². The summed E-state index contributed by atoms with van der Waals surface area (Å²) >= 11 is 22.6. The molecule has 0 bridgehead atoms. The summed E-state index contributed by atoms with van der Waals surface area (Å²) in [5.74, 6) is 0. The second-order valence-electron chi connectivity index (χ2n) is 5.55. The molecule has 6 aliphatic rings. The van der Waals surface area contributed by atoms with Gasteiger partial charge in [-0.2, -0.15) is 0 Å². The van der Waals surface area contributed by atoms with E-state index in [4.69, 9.17) is 0 Å². The fourth-order valence-corrected chi connectivity index (χ4v) is 16.7. The Labute approximate surface area is 226 Å². The van der Waals surface area contributed by atoms with Crippen molar-refractivity contribution in [1.82, 2.24) is 0 Å². The van der Waals surface area contributed by atoms with Crippen molar-refractivity contribution in [3.05, 3.63) is 88.3 Å². The zero-order valence-corrected chi connectivity index (χ0v) is 24.3. The highest BCUT2D eigenvalue weighted by molar-refractivity contribution is 8.37. The Hall–Kier alpha value is 1.86. The molecule has 0 aromatic rings. The van der Waals surface area contributed by atoms with Crippen molar-refractivity contribution < 1.29 is 0 Å². The second kappa shape index (κ2) is 10.2. The van der Waals surface area contributed by atoms with Crippen LogP contribution in [0.4, 0.5) is 0 Å². The minimum Gasteiger partial charge on any atom is -0.0884 e. The van der Waals surface area contributed by atoms with E-state index < -0.39 is 0 Å². The van der Waals surface area contributed by atoms with Crippen molar-refractivity contribution in [3.8, 4) is 0 Å². The molecule has 0 fully saturated rings. The van der Waals surface area contributed by atoms with Crippen LogP contribution >= 0.6 is 141 Å². The molecule has 0 amide bonds. The predicted molar refractivity (Wildman–Crippen MR) is 163 cm³/mol. The van der Waals surface area contributed by atoms with Crippen molar-refractivity contribution in [2.24, 2.45) is 0 Å². The van der Waals surface area contributed by atoms with Crippen LogP contribution in [0.5, 0.6) is 0 Å². The first-order chi connectivity index (χ1) is 14.8. The summed E-state index contributed by atoms with van der Waals surface area (Å²) in [6, 6.07) is 0. The van der Waals surface area contributed by atoms with Crippen LogP contribution in [0.3, 0.4) is 0 Å². The summed E-state index contributed by atoms with van der Waals surface area (Å²) in [6.45, 7) is 0. The molecule has 6 aliphatic heterocycles. The first kappa shape index (κ1) is 22.3. The monoisotopic (exact) mass is 608 g/mol. The summed E-state index contributed by atoms with van der Waals surface area (Å²) in [4.78, 5) is 5.58. The topological polar surface area (TPSA) is 0 Å². The molecule has 0 N–H and O–H groups in total. The molecule has 12 heteroatoms. The van der Waals surface area contributed by atoms with Crippen LogP contribution < -0.4 is 0 Å². The van der Waals surface area contributed by atoms with Gasteiger partial charge in [-0.15, -0.1) is 0 Å². The lowest BCUT2D eigenvalue weighted by Gasteiger charge is -2.05. The largest absolute Gasteiger partial charge is 0.0884 e. The molecule has 0 nitrogen and oxygen atoms in total. The first-order valence-corrected chi connectivity index (χ1v) is 18.5. The molecule has 152 valence electrons. The van der Waals surface area contributed by atoms with Gasteiger partial charge in [0.25, 0.3) is 0 Å². The fourth-order valence-electron chi connectivity index (χ4n) is 2.42. The summed E-state index contributed by atoms with van der Waals surface area (Å²) in [5, 5.41) is 18.0. The van der Waals surface area contributed by atoms with Crippen LogP contribution in [0.2, 0.25) is 0 Å². The second-order valence-corrected chi connectivity index (χ2v) is 18.5. The van der Waals surface area contributed by atoms with E-state index in [1.54, 1.807) is 0 Å². The average molecular weight is 609 g/mol. The minimum atomic E-state index is 1.39. The molecule has 6 rings (SSSR count). The number of rotatable bonds is 2. The Morgan fingerprint density at radius 3 is 0.867 bits per heavy atom. The van der Waals surface area contributed by atoms with E-state index >= 15 is 0 Å². The van der Waals surface area contributed by atoms with Crippen LogP contribution in [0.1, 0.15) is 0 Å². The van der Waals surface area contributed by atoms with Gasteiger partial charge in [0.2, 0.25) is 0 Å². The third-order valence-corrected chi connectivity index (χ3v) is 19.4. The molecule has 30 heavy (non-hydrogen) atoms. The van der Waals surface area contributed by atoms with Gasteiger partial charge in [-0.25, -0.2) is 0 Å². The summed E-state index contributed by atoms with van der Waals surface area (Å²) in [7, 11) is 0. The lowest BCUT2D eigenvalue weighted by molar-refractivity contribution is 1.96. The number of hydrogen-bond acceptors (Lipinski definition) is 12. The molecule has 0 radical (unpaired) electrons. The van der Waals surface area contributed by atoms with Crippen molar-refractivity contribution in [2.45, 2.75) is 0 Å². The van der Waals surface area contributed by atoms with Crippen LogP contribution in [0.15, 0.2) is 88.3 Å². The van der Waals surface area contributed by atoms with E-state index in [1.807, 2.05) is 141 Å². The third-order valence-electron chi connectivity index (χ3n) is 3.70. The van der Waals surface area contributed by atoms with Gasteiger partial charge in [0.05, 0.1) is 25.4 Å². The lowest BCUT2D eigenvalue weighted by Crippen LogP contribution is -1.75. The predicted octanol–water partition coefficient (Wildman–Crippen LogP) is 11.6. The molecule has 0 atom stereocenters. The van der Waals surface area contributed by atoms with Crippen molar-refractivity contribution in [1.29, 1.82) is 0 Å². The average Bonchev–Trinajstić information content (AvgIpc) is 3.62. The highest BCUT2D eigenvalue weighted by Crippen LogP contribution is 2.64. The molecular formula is C18H8S12. The maximum absolute atomic E-state index is 2.33. The van der Waals surface area contributed by atoms with Gasteiger partial charge >= 0.3 is 0 Å². The molecule has 0 saturated heterocycles. The van der Waals surface area contributed by atoms with E-state index in [1.165, 1.54) is 45.0 Å². The lowest BCUT2D eigenvalue weighted by atomic mass is 10.6. The van der Waals surface area contributed by atoms with Gasteiger partial charge in [0.1, 0.15) is 0 Å². The fraction of sp³-hybridized carbons (Fsp3) is 0. The maximum Gasteiger partial charge on any atom is 0.0700 e. The standard InChI is InChI=1S/C18H8S12/c1-2-20-13(19-1)15-23-5-9(27-15)11-7-25-17(29-11)18-26-8-12(30-18)10-6-24-16(28-10)14-21-3-4-22-14/h1-8H. The van der Waals surface area contributed by atoms with Gasteiger partial charge in [-0.1, -0.05) is 141 Å². The summed E-state index contributed by atoms with van der Waals surface area (Å²) < 4.78 is 8.53. The molecule has 0 saturated carbocycles. The molecule has 0 aromatic heterocycles. The molecule has 0 aromatic carbocycles. The van der Waals surface area contributed by atoms with Gasteiger partial charge in [-0.3, -0.25) is 0 Å². The minimum absolute atomic E-state index is 1.39. The highest BCUT2D eigenvalue weighted by atomic mass is 32.2. The Kier molecular flexibility index (Phi) is 7.62. The summed E-state index contributed by atoms with van der Waals surface area (Å²) in [5.41, 5.74) is 0. The Balaban J connectivity index is 1.08. The van der Waals surface area contributed by atoms with Gasteiger partial charge < -0.3 is 0 Å². The normalized spacial score (nSPS) is 28.3. The van der Waals surface area contributed by atoms with Crippen molar-refractivity contribution >= 4 is 141 Å². The van der Waals surface area contributed by atoms with Crippen LogP contribution in [0, 0.1) is 0 Å². The smallest absolute Gasteiger partial charge is 0.0700 e. The molecule has 0 unspecified atom stereocenters. The number of hydrogen-bond donors (Lipinski definition) is 0. The Bertz CT molecular complexity index is 988. The quantitative estimate of drug-likeness (QED) is 0.293. The van der Waals surface area contributed by atoms with Crippen LogP contribution in [-0.4, -0.2) is 0 Å².